The lowest BCUT2D eigenvalue weighted by molar-refractivity contribution is -0.123. The van der Waals surface area contributed by atoms with E-state index < -0.39 is 12.7 Å². The molecule has 2 atom stereocenters. The number of benzene rings is 2. The Balaban J connectivity index is 1.56. The van der Waals surface area contributed by atoms with Gasteiger partial charge >= 0.3 is 6.61 Å². The van der Waals surface area contributed by atoms with Crippen LogP contribution in [0.4, 0.5) is 8.78 Å². The molecule has 0 fully saturated rings. The predicted molar refractivity (Wildman–Crippen MR) is 169 cm³/mol. The smallest absolute Gasteiger partial charge is 0.387 e. The van der Waals surface area contributed by atoms with E-state index in [1.807, 2.05) is 13.0 Å². The molecule has 1 aliphatic heterocycles. The summed E-state index contributed by atoms with van der Waals surface area (Å²) in [5, 5.41) is 14.3. The van der Waals surface area contributed by atoms with E-state index >= 15 is 0 Å². The van der Waals surface area contributed by atoms with Crippen LogP contribution in [0, 0.1) is 11.3 Å². The minimum atomic E-state index is -2.93. The van der Waals surface area contributed by atoms with Crippen molar-refractivity contribution in [1.29, 1.82) is 5.41 Å². The summed E-state index contributed by atoms with van der Waals surface area (Å²) in [6, 6.07) is 15.9. The minimum Gasteiger partial charge on any atom is -0.435 e. The van der Waals surface area contributed by atoms with Crippen molar-refractivity contribution in [3.63, 3.8) is 0 Å². The van der Waals surface area contributed by atoms with Gasteiger partial charge in [-0.05, 0) is 60.4 Å². The van der Waals surface area contributed by atoms with Crippen molar-refractivity contribution < 1.29 is 18.3 Å². The molecule has 2 aromatic heterocycles. The van der Waals surface area contributed by atoms with Gasteiger partial charge in [-0.15, -0.1) is 0 Å². The second-order valence-electron chi connectivity index (χ2n) is 10.6. The van der Waals surface area contributed by atoms with Crippen LogP contribution in [0.25, 0.3) is 28.1 Å². The standard InChI is InChI=1S/C33H31ClF2N6O3/c1-19-4-3-5-29(27-14-21(12-13-39-27)31(38-2)28(17-37)41-32(19)44)42-18-40-26(16-30(42)43)25-15-22(34)8-11-24(25)20-6-9-23(10-7-20)45-33(35)36/h6-19,29,33,37-38H,3-5H2,1-2H3,(H,41,44)/b31-28+,37-17?. The Morgan fingerprint density at radius 2 is 1.82 bits per heavy atom. The fraction of sp³-hybridized carbons (Fsp3) is 0.242. The van der Waals surface area contributed by atoms with Gasteiger partial charge in [0.1, 0.15) is 5.75 Å². The molecule has 0 aliphatic carbocycles. The van der Waals surface area contributed by atoms with E-state index in [1.54, 1.807) is 49.6 Å². The third-order valence-electron chi connectivity index (χ3n) is 7.71. The number of nitrogens with one attached hydrogen (secondary N) is 3. The highest BCUT2D eigenvalue weighted by atomic mass is 35.5. The number of amides is 1. The van der Waals surface area contributed by atoms with Crippen LogP contribution >= 0.6 is 11.6 Å². The van der Waals surface area contributed by atoms with Crippen LogP contribution in [0.5, 0.6) is 5.75 Å². The van der Waals surface area contributed by atoms with Crippen molar-refractivity contribution in [2.45, 2.75) is 38.8 Å². The number of hydrogen-bond donors (Lipinski definition) is 3. The Morgan fingerprint density at radius 1 is 1.04 bits per heavy atom. The molecular formula is C33H31ClF2N6O3. The molecule has 2 bridgehead atoms. The van der Waals surface area contributed by atoms with Crippen LogP contribution in [0.3, 0.4) is 0 Å². The number of ether oxygens (including phenoxy) is 1. The number of pyridine rings is 1. The zero-order valence-corrected chi connectivity index (χ0v) is 25.3. The number of fused-ring (bicyclic) bond motifs is 2. The van der Waals surface area contributed by atoms with Gasteiger partial charge in [0.25, 0.3) is 5.56 Å². The number of aromatic nitrogens is 3. The van der Waals surface area contributed by atoms with E-state index in [-0.39, 0.29) is 23.1 Å². The van der Waals surface area contributed by atoms with Crippen molar-refractivity contribution in [3.8, 4) is 28.1 Å². The molecule has 3 heterocycles. The van der Waals surface area contributed by atoms with Crippen LogP contribution in [-0.2, 0) is 4.79 Å². The van der Waals surface area contributed by atoms with Crippen molar-refractivity contribution >= 4 is 29.4 Å². The van der Waals surface area contributed by atoms with Crippen molar-refractivity contribution in [1.82, 2.24) is 25.2 Å². The minimum absolute atomic E-state index is 0.0288. The lowest BCUT2D eigenvalue weighted by Crippen LogP contribution is -2.32. The molecule has 9 nitrogen and oxygen atoms in total. The van der Waals surface area contributed by atoms with Gasteiger partial charge in [-0.1, -0.05) is 43.1 Å². The molecule has 0 saturated heterocycles. The van der Waals surface area contributed by atoms with Gasteiger partial charge < -0.3 is 20.8 Å². The summed E-state index contributed by atoms with van der Waals surface area (Å²) in [5.74, 6) is -0.482. The van der Waals surface area contributed by atoms with Crippen molar-refractivity contribution in [3.05, 3.63) is 106 Å². The van der Waals surface area contributed by atoms with Crippen LogP contribution in [0.15, 0.2) is 83.7 Å². The second kappa shape index (κ2) is 13.8. The monoisotopic (exact) mass is 632 g/mol. The van der Waals surface area contributed by atoms with Gasteiger partial charge in [0, 0.05) is 47.6 Å². The van der Waals surface area contributed by atoms with E-state index in [4.69, 9.17) is 17.0 Å². The molecule has 0 spiro atoms. The predicted octanol–water partition coefficient (Wildman–Crippen LogP) is 6.29. The number of allylic oxidation sites excluding steroid dienone is 1. The fourth-order valence-electron chi connectivity index (χ4n) is 5.41. The molecule has 2 aromatic carbocycles. The van der Waals surface area contributed by atoms with E-state index in [1.165, 1.54) is 29.1 Å². The quantitative estimate of drug-likeness (QED) is 0.206. The summed E-state index contributed by atoms with van der Waals surface area (Å²) >= 11 is 6.35. The van der Waals surface area contributed by atoms with Gasteiger partial charge in [-0.25, -0.2) is 4.98 Å². The highest BCUT2D eigenvalue weighted by Crippen LogP contribution is 2.34. The second-order valence-corrected chi connectivity index (χ2v) is 11.0. The Bertz CT molecular complexity index is 1810. The summed E-state index contributed by atoms with van der Waals surface area (Å²) < 4.78 is 31.3. The highest BCUT2D eigenvalue weighted by Gasteiger charge is 2.23. The number of nitrogens with zero attached hydrogens (tertiary/aromatic N) is 3. The molecule has 0 radical (unpaired) electrons. The fourth-order valence-corrected chi connectivity index (χ4v) is 5.58. The maximum Gasteiger partial charge on any atom is 0.387 e. The molecule has 5 rings (SSSR count). The molecule has 45 heavy (non-hydrogen) atoms. The molecule has 1 aliphatic rings. The number of halogens is 3. The third-order valence-corrected chi connectivity index (χ3v) is 7.95. The molecule has 232 valence electrons. The van der Waals surface area contributed by atoms with Gasteiger partial charge in [0.15, 0.2) is 0 Å². The van der Waals surface area contributed by atoms with Crippen molar-refractivity contribution in [2.75, 3.05) is 7.05 Å². The molecule has 3 N–H and O–H groups in total. The van der Waals surface area contributed by atoms with Crippen LogP contribution < -0.4 is 20.9 Å². The topological polar surface area (TPSA) is 122 Å². The first-order valence-corrected chi connectivity index (χ1v) is 14.7. The first-order valence-electron chi connectivity index (χ1n) is 14.3. The van der Waals surface area contributed by atoms with Gasteiger partial charge in [0.2, 0.25) is 5.91 Å². The summed E-state index contributed by atoms with van der Waals surface area (Å²) in [7, 11) is 1.71. The van der Waals surface area contributed by atoms with E-state index in [0.717, 1.165) is 6.21 Å². The maximum absolute atomic E-state index is 13.8. The number of rotatable bonds is 7. The first-order chi connectivity index (χ1) is 21.7. The molecule has 2 unspecified atom stereocenters. The van der Waals surface area contributed by atoms with Gasteiger partial charge in [0.05, 0.1) is 35.2 Å². The van der Waals surface area contributed by atoms with Crippen LogP contribution in [0.2, 0.25) is 5.02 Å². The number of carbonyl (C=O) groups excluding carboxylic acids is 1. The lowest BCUT2D eigenvalue weighted by Gasteiger charge is -2.23. The summed E-state index contributed by atoms with van der Waals surface area (Å²) in [6.45, 7) is -1.10. The number of carbonyl (C=O) groups is 1. The Morgan fingerprint density at radius 3 is 2.51 bits per heavy atom. The van der Waals surface area contributed by atoms with Crippen LogP contribution in [-0.4, -0.2) is 40.3 Å². The molecule has 1 amide bonds. The number of hydrogen-bond acceptors (Lipinski definition) is 7. The van der Waals surface area contributed by atoms with E-state index in [0.29, 0.717) is 69.3 Å². The Hall–Kier alpha value is -4.90. The summed E-state index contributed by atoms with van der Waals surface area (Å²) in [5.41, 5.74) is 4.29. The average molecular weight is 633 g/mol. The zero-order chi connectivity index (χ0) is 32.1. The number of alkyl halides is 2. The van der Waals surface area contributed by atoms with E-state index in [2.05, 4.69) is 25.3 Å². The zero-order valence-electron chi connectivity index (χ0n) is 24.6. The highest BCUT2D eigenvalue weighted by molar-refractivity contribution is 6.31. The molecule has 4 aromatic rings. The molecular weight excluding hydrogens is 602 g/mol. The third kappa shape index (κ3) is 7.09. The largest absolute Gasteiger partial charge is 0.435 e. The Labute approximate surface area is 263 Å². The summed E-state index contributed by atoms with van der Waals surface area (Å²) in [4.78, 5) is 35.9. The first kappa shape index (κ1) is 31.5. The van der Waals surface area contributed by atoms with Gasteiger partial charge in [-0.2, -0.15) is 8.78 Å². The normalized spacial score (nSPS) is 18.8. The van der Waals surface area contributed by atoms with Crippen LogP contribution in [0.1, 0.15) is 43.5 Å². The average Bonchev–Trinajstić information content (AvgIpc) is 3.03. The van der Waals surface area contributed by atoms with Crippen molar-refractivity contribution in [2.24, 2.45) is 5.92 Å². The lowest BCUT2D eigenvalue weighted by atomic mass is 9.96. The summed E-state index contributed by atoms with van der Waals surface area (Å²) in [6.07, 6.45) is 5.94. The van der Waals surface area contributed by atoms with E-state index in [9.17, 15) is 18.4 Å². The molecule has 12 heteroatoms. The SMILES string of the molecule is CN/C1=C(\C=N)NC(=O)C(C)CCCC(n2cnc(-c3cc(Cl)ccc3-c3ccc(OC(F)F)cc3)cc2=O)c2cc1ccn2. The molecule has 0 saturated carbocycles. The van der Waals surface area contributed by atoms with Gasteiger partial charge in [-0.3, -0.25) is 19.1 Å². The maximum atomic E-state index is 13.8. The Kier molecular flexibility index (Phi) is 9.68.